The summed E-state index contributed by atoms with van der Waals surface area (Å²) in [4.78, 5) is 7.44. The fourth-order valence-electron chi connectivity index (χ4n) is 1.98. The SMILES string of the molecule is Clc1ccc(NCc2c[nH]c3ncccc23)c(Br)c1. The fourth-order valence-corrected chi connectivity index (χ4v) is 2.81. The van der Waals surface area contributed by atoms with Crippen LogP contribution in [0.25, 0.3) is 11.0 Å². The molecule has 1 aromatic carbocycles. The van der Waals surface area contributed by atoms with Crippen molar-refractivity contribution in [1.29, 1.82) is 0 Å². The van der Waals surface area contributed by atoms with Crippen LogP contribution in [0.3, 0.4) is 0 Å². The van der Waals surface area contributed by atoms with Gasteiger partial charge in [-0.1, -0.05) is 11.6 Å². The van der Waals surface area contributed by atoms with Crippen LogP contribution >= 0.6 is 27.5 Å². The number of rotatable bonds is 3. The second-order valence-electron chi connectivity index (χ2n) is 4.19. The van der Waals surface area contributed by atoms with E-state index in [1.165, 1.54) is 5.56 Å². The zero-order valence-corrected chi connectivity index (χ0v) is 12.3. The number of anilines is 1. The number of nitrogens with zero attached hydrogens (tertiary/aromatic N) is 1. The molecule has 0 aliphatic heterocycles. The average Bonchev–Trinajstić information content (AvgIpc) is 2.81. The largest absolute Gasteiger partial charge is 0.380 e. The predicted molar refractivity (Wildman–Crippen MR) is 82.6 cm³/mol. The Morgan fingerprint density at radius 2 is 2.21 bits per heavy atom. The standard InChI is InChI=1S/C14H11BrClN3/c15-12-6-10(16)3-4-13(12)18-7-9-8-19-14-11(9)2-1-5-17-14/h1-6,8,18H,7H2,(H,17,19). The molecule has 0 radical (unpaired) electrons. The summed E-state index contributed by atoms with van der Waals surface area (Å²) in [5, 5.41) is 5.24. The van der Waals surface area contributed by atoms with Crippen LogP contribution in [0.15, 0.2) is 47.2 Å². The van der Waals surface area contributed by atoms with Gasteiger partial charge in [-0.25, -0.2) is 4.98 Å². The molecular formula is C14H11BrClN3. The molecule has 3 aromatic rings. The van der Waals surface area contributed by atoms with Crippen molar-refractivity contribution in [3.05, 3.63) is 57.8 Å². The van der Waals surface area contributed by atoms with Gasteiger partial charge in [0.25, 0.3) is 0 Å². The number of pyridine rings is 1. The first kappa shape index (κ1) is 12.5. The normalized spacial score (nSPS) is 10.8. The van der Waals surface area contributed by atoms with Crippen LogP contribution in [0.4, 0.5) is 5.69 Å². The second kappa shape index (κ2) is 5.23. The van der Waals surface area contributed by atoms with Crippen LogP contribution in [0, 0.1) is 0 Å². The maximum Gasteiger partial charge on any atom is 0.137 e. The highest BCUT2D eigenvalue weighted by Crippen LogP contribution is 2.27. The zero-order valence-electron chi connectivity index (χ0n) is 9.95. The third-order valence-electron chi connectivity index (χ3n) is 2.94. The van der Waals surface area contributed by atoms with E-state index in [2.05, 4.69) is 37.3 Å². The Hall–Kier alpha value is -1.52. The van der Waals surface area contributed by atoms with Gasteiger partial charge in [-0.05, 0) is 51.8 Å². The van der Waals surface area contributed by atoms with E-state index in [-0.39, 0.29) is 0 Å². The molecule has 0 saturated heterocycles. The van der Waals surface area contributed by atoms with Crippen LogP contribution in [0.2, 0.25) is 5.02 Å². The topological polar surface area (TPSA) is 40.7 Å². The molecule has 96 valence electrons. The van der Waals surface area contributed by atoms with Crippen molar-refractivity contribution >= 4 is 44.3 Å². The van der Waals surface area contributed by atoms with Gasteiger partial charge in [-0.15, -0.1) is 0 Å². The van der Waals surface area contributed by atoms with Gasteiger partial charge in [0.15, 0.2) is 0 Å². The van der Waals surface area contributed by atoms with Crippen molar-refractivity contribution < 1.29 is 0 Å². The summed E-state index contributed by atoms with van der Waals surface area (Å²) in [5.41, 5.74) is 3.11. The van der Waals surface area contributed by atoms with Crippen molar-refractivity contribution in [2.24, 2.45) is 0 Å². The second-order valence-corrected chi connectivity index (χ2v) is 5.48. The molecule has 19 heavy (non-hydrogen) atoms. The summed E-state index contributed by atoms with van der Waals surface area (Å²) >= 11 is 9.42. The number of benzene rings is 1. The van der Waals surface area contributed by atoms with Gasteiger partial charge in [-0.3, -0.25) is 0 Å². The molecule has 0 amide bonds. The van der Waals surface area contributed by atoms with Gasteiger partial charge in [0.1, 0.15) is 5.65 Å². The van der Waals surface area contributed by atoms with E-state index in [0.29, 0.717) is 5.02 Å². The number of halogens is 2. The molecule has 2 aromatic heterocycles. The molecule has 0 bridgehead atoms. The summed E-state index contributed by atoms with van der Waals surface area (Å²) in [7, 11) is 0. The van der Waals surface area contributed by atoms with Crippen molar-refractivity contribution in [2.45, 2.75) is 6.54 Å². The molecular weight excluding hydrogens is 326 g/mol. The number of aromatic nitrogens is 2. The number of fused-ring (bicyclic) bond motifs is 1. The molecule has 2 heterocycles. The van der Waals surface area contributed by atoms with Crippen LogP contribution in [0.1, 0.15) is 5.56 Å². The minimum atomic E-state index is 0.716. The highest BCUT2D eigenvalue weighted by atomic mass is 79.9. The Kier molecular flexibility index (Phi) is 3.44. The van der Waals surface area contributed by atoms with E-state index in [4.69, 9.17) is 11.6 Å². The third kappa shape index (κ3) is 2.60. The van der Waals surface area contributed by atoms with E-state index in [1.54, 1.807) is 6.20 Å². The molecule has 0 atom stereocenters. The van der Waals surface area contributed by atoms with Gasteiger partial charge in [-0.2, -0.15) is 0 Å². The van der Waals surface area contributed by atoms with Crippen LogP contribution < -0.4 is 5.32 Å². The Morgan fingerprint density at radius 3 is 3.05 bits per heavy atom. The highest BCUT2D eigenvalue weighted by molar-refractivity contribution is 9.10. The number of nitrogens with one attached hydrogen (secondary N) is 2. The average molecular weight is 337 g/mol. The van der Waals surface area contributed by atoms with Crippen molar-refractivity contribution in [3.8, 4) is 0 Å². The van der Waals surface area contributed by atoms with Crippen LogP contribution in [-0.2, 0) is 6.54 Å². The molecule has 0 spiro atoms. The predicted octanol–water partition coefficient (Wildman–Crippen LogP) is 4.59. The first-order valence-corrected chi connectivity index (χ1v) is 7.01. The van der Waals surface area contributed by atoms with Gasteiger partial charge in [0, 0.05) is 39.5 Å². The first-order valence-electron chi connectivity index (χ1n) is 5.84. The van der Waals surface area contributed by atoms with Crippen molar-refractivity contribution in [3.63, 3.8) is 0 Å². The summed E-state index contributed by atoms with van der Waals surface area (Å²) in [6, 6.07) is 9.70. The van der Waals surface area contributed by atoms with Gasteiger partial charge in [0.05, 0.1) is 0 Å². The minimum Gasteiger partial charge on any atom is -0.380 e. The zero-order chi connectivity index (χ0) is 13.2. The Bertz CT molecular complexity index is 724. The number of H-pyrrole nitrogens is 1. The van der Waals surface area contributed by atoms with Crippen LogP contribution in [0.5, 0.6) is 0 Å². The maximum atomic E-state index is 5.92. The Labute approximate surface area is 124 Å². The van der Waals surface area contributed by atoms with E-state index < -0.39 is 0 Å². The van der Waals surface area contributed by atoms with Gasteiger partial charge in [0.2, 0.25) is 0 Å². The Morgan fingerprint density at radius 1 is 1.32 bits per heavy atom. The smallest absolute Gasteiger partial charge is 0.137 e. The molecule has 2 N–H and O–H groups in total. The van der Waals surface area contributed by atoms with Gasteiger partial charge >= 0.3 is 0 Å². The van der Waals surface area contributed by atoms with Crippen LogP contribution in [-0.4, -0.2) is 9.97 Å². The van der Waals surface area contributed by atoms with E-state index in [1.807, 2.05) is 30.5 Å². The molecule has 3 rings (SSSR count). The molecule has 3 nitrogen and oxygen atoms in total. The lowest BCUT2D eigenvalue weighted by molar-refractivity contribution is 1.16. The minimum absolute atomic E-state index is 0.716. The molecule has 0 aliphatic rings. The monoisotopic (exact) mass is 335 g/mol. The first-order chi connectivity index (χ1) is 9.24. The van der Waals surface area contributed by atoms with E-state index in [9.17, 15) is 0 Å². The van der Waals surface area contributed by atoms with Crippen molar-refractivity contribution in [2.75, 3.05) is 5.32 Å². The lowest BCUT2D eigenvalue weighted by atomic mass is 10.2. The lowest BCUT2D eigenvalue weighted by Gasteiger charge is -2.08. The number of hydrogen-bond donors (Lipinski definition) is 2. The fraction of sp³-hybridized carbons (Fsp3) is 0.0714. The molecule has 0 unspecified atom stereocenters. The summed E-state index contributed by atoms with van der Waals surface area (Å²) < 4.78 is 0.956. The quantitative estimate of drug-likeness (QED) is 0.734. The molecule has 0 saturated carbocycles. The Balaban J connectivity index is 1.82. The summed E-state index contributed by atoms with van der Waals surface area (Å²) in [6.45, 7) is 0.728. The highest BCUT2D eigenvalue weighted by Gasteiger charge is 2.05. The van der Waals surface area contributed by atoms with E-state index in [0.717, 1.165) is 27.7 Å². The summed E-state index contributed by atoms with van der Waals surface area (Å²) in [6.07, 6.45) is 3.76. The summed E-state index contributed by atoms with van der Waals surface area (Å²) in [5.74, 6) is 0. The lowest BCUT2D eigenvalue weighted by Crippen LogP contribution is -1.99. The third-order valence-corrected chi connectivity index (χ3v) is 3.83. The number of aromatic amines is 1. The number of hydrogen-bond acceptors (Lipinski definition) is 2. The maximum absolute atomic E-state index is 5.92. The molecule has 0 aliphatic carbocycles. The molecule has 5 heteroatoms. The molecule has 0 fully saturated rings. The van der Waals surface area contributed by atoms with Gasteiger partial charge < -0.3 is 10.3 Å². The van der Waals surface area contributed by atoms with Crippen molar-refractivity contribution in [1.82, 2.24) is 9.97 Å². The van der Waals surface area contributed by atoms with E-state index >= 15 is 0 Å².